The number of hydrogen-bond donors (Lipinski definition) is 2. The van der Waals surface area contributed by atoms with Crippen molar-refractivity contribution in [2.24, 2.45) is 17.7 Å². The number of rotatable bonds is 6. The lowest BCUT2D eigenvalue weighted by Crippen LogP contribution is -2.43. The van der Waals surface area contributed by atoms with Gasteiger partial charge >= 0.3 is 0 Å². The zero-order chi connectivity index (χ0) is 17.8. The summed E-state index contributed by atoms with van der Waals surface area (Å²) in [5, 5.41) is 9.92. The van der Waals surface area contributed by atoms with Crippen molar-refractivity contribution in [1.82, 2.24) is 5.01 Å². The predicted molar refractivity (Wildman–Crippen MR) is 91.6 cm³/mol. The first-order chi connectivity index (χ1) is 12.1. The van der Waals surface area contributed by atoms with Gasteiger partial charge in [0.05, 0.1) is 6.61 Å². The monoisotopic (exact) mass is 340 g/mol. The molecule has 0 bridgehead atoms. The number of hydrogen-bond acceptors (Lipinski definition) is 5. The van der Waals surface area contributed by atoms with Crippen LogP contribution in [-0.2, 0) is 4.79 Å². The molecule has 0 spiro atoms. The Morgan fingerprint density at radius 3 is 2.48 bits per heavy atom. The third-order valence-corrected chi connectivity index (χ3v) is 4.31. The number of nitrogens with zero attached hydrogens (tertiary/aromatic N) is 1. The van der Waals surface area contributed by atoms with Crippen LogP contribution >= 0.6 is 0 Å². The van der Waals surface area contributed by atoms with Crippen LogP contribution in [0.15, 0.2) is 54.6 Å². The van der Waals surface area contributed by atoms with Crippen molar-refractivity contribution in [2.75, 3.05) is 6.61 Å². The van der Waals surface area contributed by atoms with Crippen LogP contribution < -0.4 is 10.6 Å². The van der Waals surface area contributed by atoms with E-state index in [-0.39, 0.29) is 29.1 Å². The lowest BCUT2D eigenvalue weighted by Gasteiger charge is -2.15. The number of carbonyl (C=O) groups is 2. The number of benzene rings is 2. The van der Waals surface area contributed by atoms with Crippen LogP contribution in [0, 0.1) is 11.8 Å². The molecule has 0 radical (unpaired) electrons. The molecule has 1 aliphatic carbocycles. The Morgan fingerprint density at radius 1 is 1.12 bits per heavy atom. The SMILES string of the molecule is NN(C(=O)c1ccc(O)cc1)C(=O)C1CC1CCOc1ccccc1. The number of amides is 2. The number of para-hydroxylation sites is 1. The van der Waals surface area contributed by atoms with Crippen LogP contribution in [0.2, 0.25) is 0 Å². The highest BCUT2D eigenvalue weighted by molar-refractivity contribution is 6.05. The van der Waals surface area contributed by atoms with E-state index in [1.807, 2.05) is 30.3 Å². The van der Waals surface area contributed by atoms with E-state index in [1.54, 1.807) is 0 Å². The summed E-state index contributed by atoms with van der Waals surface area (Å²) >= 11 is 0. The van der Waals surface area contributed by atoms with Gasteiger partial charge in [0, 0.05) is 11.5 Å². The molecule has 3 rings (SSSR count). The lowest BCUT2D eigenvalue weighted by molar-refractivity contribution is -0.130. The first kappa shape index (κ1) is 17.0. The van der Waals surface area contributed by atoms with Gasteiger partial charge in [0.1, 0.15) is 11.5 Å². The first-order valence-electron chi connectivity index (χ1n) is 8.16. The van der Waals surface area contributed by atoms with E-state index in [9.17, 15) is 14.7 Å². The molecule has 2 aromatic carbocycles. The molecule has 0 heterocycles. The van der Waals surface area contributed by atoms with Crippen LogP contribution in [0.4, 0.5) is 0 Å². The molecule has 6 nitrogen and oxygen atoms in total. The van der Waals surface area contributed by atoms with Crippen molar-refractivity contribution in [1.29, 1.82) is 0 Å². The van der Waals surface area contributed by atoms with Gasteiger partial charge in [-0.1, -0.05) is 18.2 Å². The van der Waals surface area contributed by atoms with Crippen molar-refractivity contribution in [3.63, 3.8) is 0 Å². The molecule has 2 unspecified atom stereocenters. The number of nitrogens with two attached hydrogens (primary N) is 1. The van der Waals surface area contributed by atoms with Gasteiger partial charge in [-0.15, -0.1) is 0 Å². The molecule has 25 heavy (non-hydrogen) atoms. The molecule has 2 aromatic rings. The summed E-state index contributed by atoms with van der Waals surface area (Å²) in [6.07, 6.45) is 1.46. The molecular weight excluding hydrogens is 320 g/mol. The minimum atomic E-state index is -0.573. The number of imide groups is 1. The van der Waals surface area contributed by atoms with E-state index < -0.39 is 5.91 Å². The van der Waals surface area contributed by atoms with Crippen LogP contribution in [0.25, 0.3) is 0 Å². The zero-order valence-electron chi connectivity index (χ0n) is 13.7. The van der Waals surface area contributed by atoms with Crippen molar-refractivity contribution in [3.05, 3.63) is 60.2 Å². The Labute approximate surface area is 145 Å². The summed E-state index contributed by atoms with van der Waals surface area (Å²) in [5.74, 6) is 5.56. The van der Waals surface area contributed by atoms with Crippen LogP contribution in [0.1, 0.15) is 23.2 Å². The molecule has 2 amide bonds. The maximum atomic E-state index is 12.3. The Hall–Kier alpha value is -2.86. The van der Waals surface area contributed by atoms with Gasteiger partial charge in [0.15, 0.2) is 0 Å². The minimum absolute atomic E-state index is 0.0483. The fourth-order valence-corrected chi connectivity index (χ4v) is 2.74. The second-order valence-electron chi connectivity index (χ2n) is 6.11. The maximum absolute atomic E-state index is 12.3. The Balaban J connectivity index is 1.47. The van der Waals surface area contributed by atoms with Gasteiger partial charge in [-0.05, 0) is 55.2 Å². The van der Waals surface area contributed by atoms with Crippen molar-refractivity contribution >= 4 is 11.8 Å². The van der Waals surface area contributed by atoms with E-state index in [4.69, 9.17) is 10.6 Å². The molecule has 3 N–H and O–H groups in total. The third kappa shape index (κ3) is 4.16. The average Bonchev–Trinajstić information content (AvgIpc) is 3.41. The molecule has 130 valence electrons. The number of hydrazine groups is 1. The van der Waals surface area contributed by atoms with E-state index in [2.05, 4.69) is 0 Å². The normalized spacial score (nSPS) is 18.4. The van der Waals surface area contributed by atoms with E-state index >= 15 is 0 Å². The van der Waals surface area contributed by atoms with Gasteiger partial charge < -0.3 is 9.84 Å². The Morgan fingerprint density at radius 2 is 1.80 bits per heavy atom. The fraction of sp³-hybridized carbons (Fsp3) is 0.263. The summed E-state index contributed by atoms with van der Waals surface area (Å²) in [6, 6.07) is 15.1. The second-order valence-corrected chi connectivity index (χ2v) is 6.11. The average molecular weight is 340 g/mol. The molecule has 1 fully saturated rings. The molecule has 2 atom stereocenters. The highest BCUT2D eigenvalue weighted by Crippen LogP contribution is 2.42. The maximum Gasteiger partial charge on any atom is 0.274 e. The van der Waals surface area contributed by atoms with Gasteiger partial charge in [0.25, 0.3) is 5.91 Å². The predicted octanol–water partition coefficient (Wildman–Crippen LogP) is 2.34. The van der Waals surface area contributed by atoms with E-state index in [0.29, 0.717) is 18.0 Å². The Kier molecular flexibility index (Phi) is 5.00. The standard InChI is InChI=1S/C19H20N2O4/c20-21(18(23)13-6-8-15(22)9-7-13)19(24)17-12-14(17)10-11-25-16-4-2-1-3-5-16/h1-9,14,17,22H,10-12,20H2. The number of phenolic OH excluding ortho intramolecular Hbond substituents is 1. The van der Waals surface area contributed by atoms with Gasteiger partial charge in [-0.3, -0.25) is 9.59 Å². The third-order valence-electron chi connectivity index (χ3n) is 4.31. The highest BCUT2D eigenvalue weighted by atomic mass is 16.5. The second kappa shape index (κ2) is 7.36. The van der Waals surface area contributed by atoms with Crippen molar-refractivity contribution in [2.45, 2.75) is 12.8 Å². The summed E-state index contributed by atoms with van der Waals surface area (Å²) < 4.78 is 5.63. The fourth-order valence-electron chi connectivity index (χ4n) is 2.74. The van der Waals surface area contributed by atoms with Gasteiger partial charge in [-0.25, -0.2) is 10.9 Å². The number of ether oxygens (including phenoxy) is 1. The quantitative estimate of drug-likeness (QED) is 0.364. The molecule has 0 aromatic heterocycles. The first-order valence-corrected chi connectivity index (χ1v) is 8.16. The lowest BCUT2D eigenvalue weighted by atomic mass is 10.2. The topological polar surface area (TPSA) is 92.9 Å². The molecule has 1 saturated carbocycles. The smallest absolute Gasteiger partial charge is 0.274 e. The minimum Gasteiger partial charge on any atom is -0.508 e. The number of phenols is 1. The molecule has 1 aliphatic rings. The Bertz CT molecular complexity index is 746. The summed E-state index contributed by atoms with van der Waals surface area (Å²) in [6.45, 7) is 0.523. The summed E-state index contributed by atoms with van der Waals surface area (Å²) in [7, 11) is 0. The van der Waals surface area contributed by atoms with Crippen LogP contribution in [0.5, 0.6) is 11.5 Å². The molecule has 0 saturated heterocycles. The van der Waals surface area contributed by atoms with Crippen LogP contribution in [0.3, 0.4) is 0 Å². The van der Waals surface area contributed by atoms with Gasteiger partial charge in [0.2, 0.25) is 5.91 Å². The van der Waals surface area contributed by atoms with E-state index in [0.717, 1.165) is 12.2 Å². The van der Waals surface area contributed by atoms with Crippen LogP contribution in [-0.4, -0.2) is 28.5 Å². The summed E-state index contributed by atoms with van der Waals surface area (Å²) in [5.41, 5.74) is 0.262. The van der Waals surface area contributed by atoms with Crippen molar-refractivity contribution < 1.29 is 19.4 Å². The van der Waals surface area contributed by atoms with E-state index in [1.165, 1.54) is 24.3 Å². The molecule has 0 aliphatic heterocycles. The summed E-state index contributed by atoms with van der Waals surface area (Å²) in [4.78, 5) is 24.5. The molecule has 6 heteroatoms. The number of aromatic hydroxyl groups is 1. The van der Waals surface area contributed by atoms with Gasteiger partial charge in [-0.2, -0.15) is 0 Å². The zero-order valence-corrected chi connectivity index (χ0v) is 13.7. The number of carbonyl (C=O) groups excluding carboxylic acids is 2. The van der Waals surface area contributed by atoms with Crippen molar-refractivity contribution in [3.8, 4) is 11.5 Å². The largest absolute Gasteiger partial charge is 0.508 e. The highest BCUT2D eigenvalue weighted by Gasteiger charge is 2.45. The molecular formula is C19H20N2O4.